The second-order valence-electron chi connectivity index (χ2n) is 10.9. The minimum atomic E-state index is -1.56. The number of aromatic hydroxyl groups is 1. The number of anilines is 1. The first-order chi connectivity index (χ1) is 17.6. The fraction of sp³-hybridized carbons (Fsp3) is 0.571. The molecule has 1 amide bonds. The summed E-state index contributed by atoms with van der Waals surface area (Å²) in [6.45, 7) is 12.2. The van der Waals surface area contributed by atoms with Crippen molar-refractivity contribution in [3.8, 4) is 5.75 Å². The van der Waals surface area contributed by atoms with Crippen LogP contribution in [-0.4, -0.2) is 64.6 Å². The molecule has 4 atom stereocenters. The number of hydrogen-bond acceptors (Lipinski definition) is 8. The molecule has 0 bridgehead atoms. The number of nitrogens with zero attached hydrogens (tertiary/aromatic N) is 1. The first kappa shape index (κ1) is 29.6. The molecular weight excluding hydrogens is 497 g/mol. The maximum atomic E-state index is 14.8. The van der Waals surface area contributed by atoms with Crippen molar-refractivity contribution in [2.75, 3.05) is 11.4 Å². The van der Waals surface area contributed by atoms with Gasteiger partial charge in [0.05, 0.1) is 11.8 Å². The highest BCUT2D eigenvalue weighted by atomic mass is 19.1. The van der Waals surface area contributed by atoms with Gasteiger partial charge in [-0.15, -0.1) is 0 Å². The van der Waals surface area contributed by atoms with E-state index in [1.807, 2.05) is 0 Å². The maximum Gasteiger partial charge on any atom is 0.414 e. The maximum absolute atomic E-state index is 14.8. The number of aliphatic hydroxyl groups excluding tert-OH is 1. The van der Waals surface area contributed by atoms with Crippen LogP contribution in [0.5, 0.6) is 5.75 Å². The van der Waals surface area contributed by atoms with Crippen molar-refractivity contribution in [3.63, 3.8) is 0 Å². The van der Waals surface area contributed by atoms with Crippen molar-refractivity contribution in [3.05, 3.63) is 41.2 Å². The Morgan fingerprint density at radius 1 is 1.24 bits per heavy atom. The number of amides is 1. The van der Waals surface area contributed by atoms with Crippen molar-refractivity contribution in [2.45, 2.75) is 97.1 Å². The van der Waals surface area contributed by atoms with Gasteiger partial charge in [0.1, 0.15) is 41.1 Å². The second-order valence-corrected chi connectivity index (χ2v) is 10.9. The molecule has 1 aromatic carbocycles. The molecule has 2 aliphatic heterocycles. The lowest BCUT2D eigenvalue weighted by Gasteiger charge is -2.27. The number of ether oxygens (including phenoxy) is 4. The number of halogens is 1. The summed E-state index contributed by atoms with van der Waals surface area (Å²) in [5.41, 5.74) is -0.205. The normalized spacial score (nSPS) is 28.1. The number of carbonyl (C=O) groups is 2. The number of fused-ring (bicyclic) bond motifs is 2. The summed E-state index contributed by atoms with van der Waals surface area (Å²) in [4.78, 5) is 27.2. The summed E-state index contributed by atoms with van der Waals surface area (Å²) in [5.74, 6) is -3.04. The predicted octanol–water partition coefficient (Wildman–Crippen LogP) is 5.24. The minimum absolute atomic E-state index is 0.0114. The molecule has 0 aliphatic carbocycles. The summed E-state index contributed by atoms with van der Waals surface area (Å²) in [6.07, 6.45) is 0.0294. The average Bonchev–Trinajstić information content (AvgIpc) is 3.09. The third kappa shape index (κ3) is 7.12. The van der Waals surface area contributed by atoms with E-state index in [0.29, 0.717) is 11.3 Å². The molecule has 0 unspecified atom stereocenters. The highest BCUT2D eigenvalue weighted by molar-refractivity contribution is 5.99. The largest absolute Gasteiger partial charge is 0.507 e. The Balaban J connectivity index is 2.06. The van der Waals surface area contributed by atoms with Crippen molar-refractivity contribution in [1.29, 1.82) is 0 Å². The molecule has 0 aromatic heterocycles. The molecule has 2 N–H and O–H groups in total. The van der Waals surface area contributed by atoms with E-state index < -0.39 is 53.7 Å². The number of hydrogen-bond donors (Lipinski definition) is 2. The van der Waals surface area contributed by atoms with E-state index in [9.17, 15) is 24.2 Å². The van der Waals surface area contributed by atoms with Gasteiger partial charge in [-0.3, -0.25) is 4.90 Å². The van der Waals surface area contributed by atoms with Gasteiger partial charge >= 0.3 is 12.1 Å². The Labute approximate surface area is 222 Å². The molecule has 3 rings (SSSR count). The molecule has 38 heavy (non-hydrogen) atoms. The second kappa shape index (κ2) is 11.4. The Morgan fingerprint density at radius 3 is 2.55 bits per heavy atom. The molecule has 0 spiro atoms. The lowest BCUT2D eigenvalue weighted by Crippen LogP contribution is -2.36. The van der Waals surface area contributed by atoms with Crippen LogP contribution in [0.25, 0.3) is 6.08 Å². The number of rotatable bonds is 2. The molecule has 10 heteroatoms. The monoisotopic (exact) mass is 535 g/mol. The third-order valence-electron chi connectivity index (χ3n) is 6.01. The van der Waals surface area contributed by atoms with E-state index in [1.165, 1.54) is 11.0 Å². The number of carbonyl (C=O) groups excluding carboxylic acids is 2. The summed E-state index contributed by atoms with van der Waals surface area (Å²) >= 11 is 0. The van der Waals surface area contributed by atoms with Crippen LogP contribution >= 0.6 is 0 Å². The van der Waals surface area contributed by atoms with E-state index in [2.05, 4.69) is 0 Å². The van der Waals surface area contributed by atoms with Crippen LogP contribution in [0.15, 0.2) is 30.1 Å². The van der Waals surface area contributed by atoms with E-state index in [4.69, 9.17) is 18.9 Å². The zero-order chi connectivity index (χ0) is 28.4. The van der Waals surface area contributed by atoms with E-state index in [0.717, 1.165) is 6.08 Å². The van der Waals surface area contributed by atoms with Gasteiger partial charge < -0.3 is 29.2 Å². The Bertz CT molecular complexity index is 1110. The third-order valence-corrected chi connectivity index (χ3v) is 6.01. The van der Waals surface area contributed by atoms with Crippen LogP contribution in [0, 0.1) is 0 Å². The fourth-order valence-corrected chi connectivity index (χ4v) is 4.37. The van der Waals surface area contributed by atoms with E-state index in [-0.39, 0.29) is 30.7 Å². The summed E-state index contributed by atoms with van der Waals surface area (Å²) < 4.78 is 37.4. The quantitative estimate of drug-likeness (QED) is 0.494. The van der Waals surface area contributed by atoms with Gasteiger partial charge in [0.2, 0.25) is 0 Å². The van der Waals surface area contributed by atoms with Crippen LogP contribution in [0.1, 0.15) is 77.2 Å². The topological polar surface area (TPSA) is 115 Å². The highest BCUT2D eigenvalue weighted by Crippen LogP contribution is 2.36. The van der Waals surface area contributed by atoms with Crippen LogP contribution in [0.2, 0.25) is 0 Å². The molecule has 2 aliphatic rings. The first-order valence-electron chi connectivity index (χ1n) is 12.8. The fourth-order valence-electron chi connectivity index (χ4n) is 4.37. The number of aliphatic hydroxyl groups is 1. The van der Waals surface area contributed by atoms with Crippen LogP contribution < -0.4 is 4.90 Å². The highest BCUT2D eigenvalue weighted by Gasteiger charge is 2.45. The number of phenols is 1. The van der Waals surface area contributed by atoms with Gasteiger partial charge in [-0.05, 0) is 72.6 Å². The smallest absolute Gasteiger partial charge is 0.414 e. The lowest BCUT2D eigenvalue weighted by molar-refractivity contribution is -0.153. The minimum Gasteiger partial charge on any atom is -0.507 e. The Kier molecular flexibility index (Phi) is 8.90. The summed E-state index contributed by atoms with van der Waals surface area (Å²) in [7, 11) is 0. The van der Waals surface area contributed by atoms with Crippen molar-refractivity contribution < 1.29 is 43.1 Å². The van der Waals surface area contributed by atoms with Gasteiger partial charge in [0.25, 0.3) is 0 Å². The Hall–Kier alpha value is -2.95. The molecular formula is C28H38FNO8. The molecule has 2 heterocycles. The van der Waals surface area contributed by atoms with E-state index in [1.54, 1.807) is 66.7 Å². The molecule has 0 saturated carbocycles. The van der Waals surface area contributed by atoms with Gasteiger partial charge in [-0.25, -0.2) is 14.0 Å². The van der Waals surface area contributed by atoms with Crippen LogP contribution in [0.4, 0.5) is 14.9 Å². The number of esters is 1. The van der Waals surface area contributed by atoms with Gasteiger partial charge in [0.15, 0.2) is 5.79 Å². The van der Waals surface area contributed by atoms with Crippen molar-refractivity contribution in [1.82, 2.24) is 0 Å². The molecule has 1 fully saturated rings. The van der Waals surface area contributed by atoms with Crippen molar-refractivity contribution >= 4 is 23.8 Å². The van der Waals surface area contributed by atoms with Crippen molar-refractivity contribution in [2.24, 2.45) is 0 Å². The summed E-state index contributed by atoms with van der Waals surface area (Å²) in [6, 6.07) is 2.89. The van der Waals surface area contributed by atoms with Gasteiger partial charge in [0, 0.05) is 19.0 Å². The first-order valence-corrected chi connectivity index (χ1v) is 12.8. The number of benzene rings is 1. The van der Waals surface area contributed by atoms with Gasteiger partial charge in [-0.2, -0.15) is 0 Å². The zero-order valence-corrected chi connectivity index (χ0v) is 23.0. The predicted molar refractivity (Wildman–Crippen MR) is 140 cm³/mol. The molecule has 1 aromatic rings. The molecule has 210 valence electrons. The molecule has 9 nitrogen and oxygen atoms in total. The Morgan fingerprint density at radius 2 is 1.92 bits per heavy atom. The SMILES string of the molecule is CCN(C(=O)OC(C)(C)C)c1cc(O)c2c(c1)/C=C/C[C@@H]1OC(C)(C)O[C@@H]1[C@H](O)/C(F)=C\C[C@H](C)OC2=O. The standard InChI is InChI=1S/C28H38FNO8/c1-8-30(26(34)38-27(3,4)5)18-14-17-10-9-11-21-24(37-28(6,7)36-21)23(32)19(29)13-12-16(2)35-25(33)22(17)20(31)15-18/h9-10,13-16,21,23-24,31-32H,8,11-12H2,1-7H3/b10-9+,19-13+/t16-,21-,23+,24-/m0/s1. The average molecular weight is 536 g/mol. The zero-order valence-electron chi connectivity index (χ0n) is 23.0. The lowest BCUT2D eigenvalue weighted by atomic mass is 10.00. The van der Waals surface area contributed by atoms with Crippen LogP contribution in [-0.2, 0) is 18.9 Å². The number of cyclic esters (lactones) is 1. The molecule has 1 saturated heterocycles. The number of phenolic OH excluding ortho intramolecular Hbond substituents is 1. The summed E-state index contributed by atoms with van der Waals surface area (Å²) in [5, 5.41) is 21.5. The van der Waals surface area contributed by atoms with E-state index >= 15 is 0 Å². The van der Waals surface area contributed by atoms with Gasteiger partial charge in [-0.1, -0.05) is 12.2 Å². The van der Waals surface area contributed by atoms with Crippen LogP contribution in [0.3, 0.4) is 0 Å². The molecule has 0 radical (unpaired) electrons.